The minimum Gasteiger partial charge on any atom is -0.488 e. The second-order valence-electron chi connectivity index (χ2n) is 23.6. The Bertz CT molecular complexity index is 3720. The van der Waals surface area contributed by atoms with Crippen LogP contribution in [0.25, 0.3) is 32.3 Å². The SMILES string of the molecule is CC(C)(C)Oc1ccc(/C=N/N=C/c2ccccc2)cc1.CC(C)(C)Oc1ccc(C(=O)Oc2ccccc2)cc1.CC(C)(C)Oc1ccc(OC(=O)c2ccccc2)cc1.CC(C)(C)Oc1ccc2c3ccccc3c3ccccc3c2c1. The zero-order chi connectivity index (χ0) is 60.3. The maximum absolute atomic E-state index is 11.9. The summed E-state index contributed by atoms with van der Waals surface area (Å²) in [7, 11) is 0. The van der Waals surface area contributed by atoms with E-state index < -0.39 is 0 Å². The van der Waals surface area contributed by atoms with Crippen LogP contribution in [0.5, 0.6) is 34.5 Å². The summed E-state index contributed by atoms with van der Waals surface area (Å²) < 4.78 is 33.8. The number of esters is 2. The standard InChI is InChI=1S/C22H20O.C18H20N2O.2C17H18O3/c1-22(2,3)23-15-12-13-20-18-10-5-4-8-16(18)17-9-6-7-11-19(17)21(20)14-15;1-18(2,3)21-17-11-9-16(10-12-17)14-20-19-13-15-7-5-4-6-8-15;1-17(2,3)20-15-11-9-13(10-12-15)16(18)19-14-7-5-4-6-8-14;1-17(2,3)20-15-11-9-14(10-12-15)19-16(18)13-7-5-4-6-8-13/h4-14H,1-3H3;4-14H,1-3H3;2*4-12H,1-3H3/b;19-13+,20-14+;;. The predicted octanol–water partition coefficient (Wildman–Crippen LogP) is 18.8. The second kappa shape index (κ2) is 28.4. The summed E-state index contributed by atoms with van der Waals surface area (Å²) in [5.74, 6) is 3.55. The molecule has 0 unspecified atom stereocenters. The van der Waals surface area contributed by atoms with E-state index in [2.05, 4.69) is 97.7 Å². The van der Waals surface area contributed by atoms with Crippen molar-refractivity contribution in [3.05, 3.63) is 253 Å². The minimum atomic E-state index is -0.376. The van der Waals surface area contributed by atoms with Crippen molar-refractivity contribution in [1.29, 1.82) is 0 Å². The Labute approximate surface area is 495 Å². The number of ether oxygens (including phenoxy) is 6. The van der Waals surface area contributed by atoms with E-state index in [1.165, 1.54) is 32.3 Å². The number of rotatable bonds is 11. The molecule has 0 spiro atoms. The number of hydrogen-bond donors (Lipinski definition) is 0. The molecule has 0 saturated carbocycles. The van der Waals surface area contributed by atoms with Crippen molar-refractivity contribution < 1.29 is 38.0 Å². The van der Waals surface area contributed by atoms with Gasteiger partial charge in [0, 0.05) is 0 Å². The molecular formula is C74H76N2O8. The fraction of sp³-hybridized carbons (Fsp3) is 0.216. The van der Waals surface area contributed by atoms with E-state index in [0.29, 0.717) is 22.6 Å². The summed E-state index contributed by atoms with van der Waals surface area (Å²) >= 11 is 0. The quantitative estimate of drug-likeness (QED) is 0.0414. The number of carbonyl (C=O) groups excluding carboxylic acids is 2. The third-order valence-electron chi connectivity index (χ3n) is 11.7. The molecule has 0 radical (unpaired) electrons. The van der Waals surface area contributed by atoms with Crippen molar-refractivity contribution in [3.8, 4) is 34.5 Å². The number of benzene rings is 10. The van der Waals surface area contributed by atoms with Crippen LogP contribution in [0.3, 0.4) is 0 Å². The highest BCUT2D eigenvalue weighted by Gasteiger charge is 2.17. The normalized spacial score (nSPS) is 11.6. The van der Waals surface area contributed by atoms with Crippen molar-refractivity contribution in [2.24, 2.45) is 10.2 Å². The van der Waals surface area contributed by atoms with Crippen molar-refractivity contribution in [2.75, 3.05) is 0 Å². The van der Waals surface area contributed by atoms with Gasteiger partial charge in [-0.05, 0) is 236 Å². The number of nitrogens with zero attached hydrogens (tertiary/aromatic N) is 2. The van der Waals surface area contributed by atoms with Crippen LogP contribution in [-0.4, -0.2) is 46.8 Å². The molecule has 0 aliphatic rings. The second-order valence-corrected chi connectivity index (χ2v) is 23.6. The van der Waals surface area contributed by atoms with Gasteiger partial charge in [-0.1, -0.05) is 121 Å². The Morgan fingerprint density at radius 3 is 1.00 bits per heavy atom. The van der Waals surface area contributed by atoms with Crippen LogP contribution in [0.15, 0.2) is 241 Å². The van der Waals surface area contributed by atoms with Crippen LogP contribution < -0.4 is 28.4 Å². The van der Waals surface area contributed by atoms with Gasteiger partial charge in [0.15, 0.2) is 0 Å². The van der Waals surface area contributed by atoms with E-state index in [1.807, 2.05) is 141 Å². The van der Waals surface area contributed by atoms with Crippen LogP contribution >= 0.6 is 0 Å². The first-order chi connectivity index (χ1) is 39.9. The molecule has 0 saturated heterocycles. The van der Waals surface area contributed by atoms with Gasteiger partial charge in [0.25, 0.3) is 0 Å². The molecule has 0 N–H and O–H groups in total. The molecule has 10 aromatic carbocycles. The maximum Gasteiger partial charge on any atom is 0.343 e. The largest absolute Gasteiger partial charge is 0.488 e. The molecule has 84 heavy (non-hydrogen) atoms. The first kappa shape index (κ1) is 62.1. The van der Waals surface area contributed by atoms with Gasteiger partial charge >= 0.3 is 11.9 Å². The highest BCUT2D eigenvalue weighted by Crippen LogP contribution is 2.37. The molecule has 0 atom stereocenters. The van der Waals surface area contributed by atoms with Gasteiger partial charge in [-0.25, -0.2) is 9.59 Å². The molecule has 0 heterocycles. The molecule has 0 aromatic heterocycles. The topological polar surface area (TPSA) is 114 Å². The third-order valence-corrected chi connectivity index (χ3v) is 11.7. The molecule has 10 heteroatoms. The van der Waals surface area contributed by atoms with Gasteiger partial charge < -0.3 is 28.4 Å². The summed E-state index contributed by atoms with van der Waals surface area (Å²) in [6, 6.07) is 73.2. The molecule has 430 valence electrons. The first-order valence-corrected chi connectivity index (χ1v) is 28.0. The fourth-order valence-corrected chi connectivity index (χ4v) is 8.35. The van der Waals surface area contributed by atoms with E-state index in [9.17, 15) is 9.59 Å². The Morgan fingerprint density at radius 2 is 0.571 bits per heavy atom. The van der Waals surface area contributed by atoms with E-state index in [1.54, 1.807) is 97.4 Å². The lowest BCUT2D eigenvalue weighted by Gasteiger charge is -2.22. The zero-order valence-corrected chi connectivity index (χ0v) is 50.3. The molecule has 0 fully saturated rings. The summed E-state index contributed by atoms with van der Waals surface area (Å²) in [6.45, 7) is 24.2. The van der Waals surface area contributed by atoms with Gasteiger partial charge in [0.1, 0.15) is 56.9 Å². The molecular weight excluding hydrogens is 1040 g/mol. The summed E-state index contributed by atoms with van der Waals surface area (Å²) in [5.41, 5.74) is 2.16. The fourth-order valence-electron chi connectivity index (χ4n) is 8.35. The Morgan fingerprint density at radius 1 is 0.286 bits per heavy atom. The van der Waals surface area contributed by atoms with E-state index in [0.717, 1.165) is 34.1 Å². The van der Waals surface area contributed by atoms with Gasteiger partial charge in [-0.3, -0.25) is 0 Å². The monoisotopic (exact) mass is 1120 g/mol. The van der Waals surface area contributed by atoms with Crippen molar-refractivity contribution in [2.45, 2.75) is 105 Å². The smallest absolute Gasteiger partial charge is 0.343 e. The number of para-hydroxylation sites is 1. The highest BCUT2D eigenvalue weighted by atomic mass is 16.5. The molecule has 0 aliphatic heterocycles. The minimum absolute atomic E-state index is 0.185. The lowest BCUT2D eigenvalue weighted by atomic mass is 9.94. The summed E-state index contributed by atoms with van der Waals surface area (Å²) in [4.78, 5) is 23.8. The van der Waals surface area contributed by atoms with E-state index in [4.69, 9.17) is 28.4 Å². The van der Waals surface area contributed by atoms with Gasteiger partial charge in [-0.2, -0.15) is 10.2 Å². The van der Waals surface area contributed by atoms with Crippen molar-refractivity contribution in [3.63, 3.8) is 0 Å². The van der Waals surface area contributed by atoms with Crippen molar-refractivity contribution >= 4 is 56.7 Å². The molecule has 0 bridgehead atoms. The molecule has 0 aliphatic carbocycles. The lowest BCUT2D eigenvalue weighted by Crippen LogP contribution is -2.22. The maximum atomic E-state index is 11.9. The van der Waals surface area contributed by atoms with Gasteiger partial charge in [0.2, 0.25) is 0 Å². The van der Waals surface area contributed by atoms with Crippen LogP contribution in [0, 0.1) is 0 Å². The van der Waals surface area contributed by atoms with Crippen molar-refractivity contribution in [1.82, 2.24) is 0 Å². The first-order valence-electron chi connectivity index (χ1n) is 28.0. The lowest BCUT2D eigenvalue weighted by molar-refractivity contribution is 0.0724. The number of hydrogen-bond acceptors (Lipinski definition) is 10. The zero-order valence-electron chi connectivity index (χ0n) is 50.3. The predicted molar refractivity (Wildman–Crippen MR) is 344 cm³/mol. The van der Waals surface area contributed by atoms with Gasteiger partial charge in [0.05, 0.1) is 23.6 Å². The molecule has 10 rings (SSSR count). The third kappa shape index (κ3) is 20.5. The van der Waals surface area contributed by atoms with Crippen LogP contribution in [0.1, 0.15) is 115 Å². The van der Waals surface area contributed by atoms with Gasteiger partial charge in [-0.15, -0.1) is 0 Å². The summed E-state index contributed by atoms with van der Waals surface area (Å²) in [6.07, 6.45) is 3.45. The Balaban J connectivity index is 0.000000161. The highest BCUT2D eigenvalue weighted by molar-refractivity contribution is 6.25. The molecule has 10 nitrogen and oxygen atoms in total. The number of carbonyl (C=O) groups is 2. The average molecular weight is 1120 g/mol. The Kier molecular flexibility index (Phi) is 21.0. The molecule has 0 amide bonds. The van der Waals surface area contributed by atoms with E-state index in [-0.39, 0.29) is 34.3 Å². The van der Waals surface area contributed by atoms with Crippen LogP contribution in [0.4, 0.5) is 0 Å². The molecule has 10 aromatic rings. The van der Waals surface area contributed by atoms with E-state index >= 15 is 0 Å². The van der Waals surface area contributed by atoms with Crippen LogP contribution in [-0.2, 0) is 0 Å². The average Bonchev–Trinajstić information content (AvgIpc) is 2.80. The summed E-state index contributed by atoms with van der Waals surface area (Å²) in [5, 5.41) is 15.8. The number of fused-ring (bicyclic) bond motifs is 6. The Hall–Kier alpha value is -9.54. The van der Waals surface area contributed by atoms with Crippen LogP contribution in [0.2, 0.25) is 0 Å².